The first kappa shape index (κ1) is 19.2. The second kappa shape index (κ2) is 9.39. The van der Waals surface area contributed by atoms with Crippen molar-refractivity contribution in [2.24, 2.45) is 0 Å². The van der Waals surface area contributed by atoms with E-state index in [-0.39, 0.29) is 6.10 Å². The molecule has 28 heavy (non-hydrogen) atoms. The lowest BCUT2D eigenvalue weighted by molar-refractivity contribution is 0.0230. The summed E-state index contributed by atoms with van der Waals surface area (Å²) in [6, 6.07) is 14.4. The summed E-state index contributed by atoms with van der Waals surface area (Å²) in [6.45, 7) is 5.61. The van der Waals surface area contributed by atoms with Crippen molar-refractivity contribution in [3.8, 4) is 10.6 Å². The van der Waals surface area contributed by atoms with Crippen LogP contribution in [0.4, 0.5) is 0 Å². The smallest absolute Gasteiger partial charge is 0.124 e. The highest BCUT2D eigenvalue weighted by atomic mass is 32.1. The van der Waals surface area contributed by atoms with E-state index in [4.69, 9.17) is 14.5 Å². The van der Waals surface area contributed by atoms with E-state index in [0.717, 1.165) is 46.3 Å². The second-order valence-electron chi connectivity index (χ2n) is 6.76. The van der Waals surface area contributed by atoms with Crippen molar-refractivity contribution in [3.05, 3.63) is 70.5 Å². The van der Waals surface area contributed by atoms with Crippen molar-refractivity contribution in [1.82, 2.24) is 15.3 Å². The summed E-state index contributed by atoms with van der Waals surface area (Å²) in [5, 5.41) is 4.40. The molecule has 0 bridgehead atoms. The molecule has 0 aliphatic carbocycles. The maximum atomic E-state index is 6.01. The van der Waals surface area contributed by atoms with E-state index in [1.54, 1.807) is 11.3 Å². The van der Waals surface area contributed by atoms with Crippen LogP contribution in [0.3, 0.4) is 0 Å². The van der Waals surface area contributed by atoms with Gasteiger partial charge in [0.05, 0.1) is 30.4 Å². The van der Waals surface area contributed by atoms with Gasteiger partial charge in [0, 0.05) is 30.5 Å². The maximum Gasteiger partial charge on any atom is 0.124 e. The summed E-state index contributed by atoms with van der Waals surface area (Å²) in [5.41, 5.74) is 4.35. The fourth-order valence-corrected chi connectivity index (χ4v) is 4.27. The standard InChI is InChI=1S/C22H25N3O2S/c1-2-18-12-17(8-9-24-18)22-25-21(19-13-23-10-11-27-19)20(28-22)15-26-14-16-6-4-3-5-7-16/h3-9,12,19,23H,2,10-11,13-15H2,1H3. The van der Waals surface area contributed by atoms with E-state index in [2.05, 4.69) is 35.4 Å². The molecular weight excluding hydrogens is 370 g/mol. The molecule has 3 heterocycles. The van der Waals surface area contributed by atoms with Gasteiger partial charge in [-0.2, -0.15) is 0 Å². The van der Waals surface area contributed by atoms with Crippen LogP contribution in [0.15, 0.2) is 48.7 Å². The number of hydrogen-bond donors (Lipinski definition) is 1. The van der Waals surface area contributed by atoms with E-state index in [9.17, 15) is 0 Å². The third-order valence-corrected chi connectivity index (χ3v) is 5.82. The van der Waals surface area contributed by atoms with Crippen LogP contribution in [0, 0.1) is 0 Å². The molecule has 146 valence electrons. The van der Waals surface area contributed by atoms with Gasteiger partial charge in [-0.3, -0.25) is 4.98 Å². The van der Waals surface area contributed by atoms with Crippen LogP contribution in [0.5, 0.6) is 0 Å². The van der Waals surface area contributed by atoms with Crippen LogP contribution in [0.25, 0.3) is 10.6 Å². The quantitative estimate of drug-likeness (QED) is 0.651. The zero-order valence-electron chi connectivity index (χ0n) is 16.1. The molecule has 0 saturated carbocycles. The number of aromatic nitrogens is 2. The van der Waals surface area contributed by atoms with Crippen molar-refractivity contribution < 1.29 is 9.47 Å². The Morgan fingerprint density at radius 1 is 1.21 bits per heavy atom. The van der Waals surface area contributed by atoms with E-state index >= 15 is 0 Å². The average molecular weight is 396 g/mol. The molecule has 2 aromatic heterocycles. The minimum absolute atomic E-state index is 0.0263. The normalized spacial score (nSPS) is 17.0. The number of ether oxygens (including phenoxy) is 2. The third kappa shape index (κ3) is 4.64. The highest BCUT2D eigenvalue weighted by molar-refractivity contribution is 7.15. The Labute approximate surface area is 169 Å². The van der Waals surface area contributed by atoms with Gasteiger partial charge in [0.1, 0.15) is 11.1 Å². The number of aryl methyl sites for hydroxylation is 1. The minimum Gasteiger partial charge on any atom is -0.371 e. The van der Waals surface area contributed by atoms with E-state index in [1.165, 1.54) is 5.56 Å². The summed E-state index contributed by atoms with van der Waals surface area (Å²) < 4.78 is 12.0. The van der Waals surface area contributed by atoms with Crippen LogP contribution >= 0.6 is 11.3 Å². The van der Waals surface area contributed by atoms with Gasteiger partial charge < -0.3 is 14.8 Å². The molecule has 1 fully saturated rings. The van der Waals surface area contributed by atoms with Crippen LogP contribution in [-0.2, 0) is 29.1 Å². The number of benzene rings is 1. The van der Waals surface area contributed by atoms with Gasteiger partial charge in [-0.05, 0) is 24.1 Å². The number of rotatable bonds is 7. The van der Waals surface area contributed by atoms with Gasteiger partial charge in [0.15, 0.2) is 0 Å². The zero-order chi connectivity index (χ0) is 19.2. The molecule has 1 unspecified atom stereocenters. The molecule has 1 aliphatic rings. The minimum atomic E-state index is -0.0263. The first-order valence-corrected chi connectivity index (χ1v) is 10.5. The lowest BCUT2D eigenvalue weighted by Crippen LogP contribution is -2.33. The maximum absolute atomic E-state index is 6.01. The number of nitrogens with zero attached hydrogens (tertiary/aromatic N) is 2. The van der Waals surface area contributed by atoms with Gasteiger partial charge in [0.2, 0.25) is 0 Å². The van der Waals surface area contributed by atoms with Crippen molar-refractivity contribution in [1.29, 1.82) is 0 Å². The Kier molecular flexibility index (Phi) is 6.44. The Hall–Kier alpha value is -2.12. The van der Waals surface area contributed by atoms with Gasteiger partial charge >= 0.3 is 0 Å². The van der Waals surface area contributed by atoms with Gasteiger partial charge in [-0.15, -0.1) is 11.3 Å². The van der Waals surface area contributed by atoms with Crippen molar-refractivity contribution >= 4 is 11.3 Å². The van der Waals surface area contributed by atoms with Gasteiger partial charge in [-0.1, -0.05) is 37.3 Å². The topological polar surface area (TPSA) is 56.3 Å². The third-order valence-electron chi connectivity index (χ3n) is 4.73. The SMILES string of the molecule is CCc1cc(-c2nc(C3CNCCO3)c(COCc3ccccc3)s2)ccn1. The number of hydrogen-bond acceptors (Lipinski definition) is 6. The average Bonchev–Trinajstić information content (AvgIpc) is 3.19. The lowest BCUT2D eigenvalue weighted by atomic mass is 10.2. The molecule has 6 heteroatoms. The molecule has 1 saturated heterocycles. The first-order chi connectivity index (χ1) is 13.8. The molecule has 1 atom stereocenters. The van der Waals surface area contributed by atoms with Crippen LogP contribution in [-0.4, -0.2) is 29.7 Å². The highest BCUT2D eigenvalue weighted by Crippen LogP contribution is 2.33. The summed E-state index contributed by atoms with van der Waals surface area (Å²) in [6.07, 6.45) is 2.75. The molecule has 4 rings (SSSR count). The fourth-order valence-electron chi connectivity index (χ4n) is 3.22. The summed E-state index contributed by atoms with van der Waals surface area (Å²) in [5.74, 6) is 0. The lowest BCUT2D eigenvalue weighted by Gasteiger charge is -2.23. The molecular formula is C22H25N3O2S. The van der Waals surface area contributed by atoms with Crippen LogP contribution < -0.4 is 5.32 Å². The number of nitrogens with one attached hydrogen (secondary N) is 1. The zero-order valence-corrected chi connectivity index (χ0v) is 16.9. The fraction of sp³-hybridized carbons (Fsp3) is 0.364. The monoisotopic (exact) mass is 395 g/mol. The van der Waals surface area contributed by atoms with E-state index in [1.807, 2.05) is 30.5 Å². The van der Waals surface area contributed by atoms with Crippen molar-refractivity contribution in [2.45, 2.75) is 32.7 Å². The summed E-state index contributed by atoms with van der Waals surface area (Å²) >= 11 is 1.69. The van der Waals surface area contributed by atoms with Crippen LogP contribution in [0.1, 0.15) is 34.9 Å². The molecule has 3 aromatic rings. The largest absolute Gasteiger partial charge is 0.371 e. The number of thiazole rings is 1. The van der Waals surface area contributed by atoms with E-state index in [0.29, 0.717) is 19.8 Å². The molecule has 1 aliphatic heterocycles. The molecule has 1 aromatic carbocycles. The Bertz CT molecular complexity index is 892. The summed E-state index contributed by atoms with van der Waals surface area (Å²) in [4.78, 5) is 10.5. The highest BCUT2D eigenvalue weighted by Gasteiger charge is 2.24. The predicted molar refractivity (Wildman–Crippen MR) is 111 cm³/mol. The molecule has 1 N–H and O–H groups in total. The Balaban J connectivity index is 1.56. The number of pyridine rings is 1. The first-order valence-electron chi connectivity index (χ1n) is 9.72. The van der Waals surface area contributed by atoms with Gasteiger partial charge in [0.25, 0.3) is 0 Å². The Morgan fingerprint density at radius 2 is 2.11 bits per heavy atom. The predicted octanol–water partition coefficient (Wildman–Crippen LogP) is 4.15. The Morgan fingerprint density at radius 3 is 2.89 bits per heavy atom. The second-order valence-corrected chi connectivity index (χ2v) is 7.84. The van der Waals surface area contributed by atoms with Gasteiger partial charge in [-0.25, -0.2) is 4.98 Å². The molecule has 0 amide bonds. The molecule has 5 nitrogen and oxygen atoms in total. The molecule has 0 radical (unpaired) electrons. The van der Waals surface area contributed by atoms with Crippen molar-refractivity contribution in [3.63, 3.8) is 0 Å². The molecule has 0 spiro atoms. The number of morpholine rings is 1. The van der Waals surface area contributed by atoms with Crippen LogP contribution in [0.2, 0.25) is 0 Å². The van der Waals surface area contributed by atoms with Crippen molar-refractivity contribution in [2.75, 3.05) is 19.7 Å². The van der Waals surface area contributed by atoms with E-state index < -0.39 is 0 Å². The summed E-state index contributed by atoms with van der Waals surface area (Å²) in [7, 11) is 0.